The highest BCUT2D eigenvalue weighted by molar-refractivity contribution is 5.94. The molecule has 4 atom stereocenters. The Hall–Kier alpha value is -3.07. The lowest BCUT2D eigenvalue weighted by molar-refractivity contribution is -0.165. The van der Waals surface area contributed by atoms with Gasteiger partial charge in [-0.25, -0.2) is 14.4 Å². The number of para-hydroxylation sites is 1. The van der Waals surface area contributed by atoms with Crippen molar-refractivity contribution in [2.45, 2.75) is 110 Å². The molecule has 212 valence electrons. The third-order valence-corrected chi connectivity index (χ3v) is 5.41. The van der Waals surface area contributed by atoms with Crippen molar-refractivity contribution < 1.29 is 38.1 Å². The molecule has 0 spiro atoms. The third kappa shape index (κ3) is 10.0. The van der Waals surface area contributed by atoms with Crippen molar-refractivity contribution in [2.75, 3.05) is 6.61 Å². The fourth-order valence-corrected chi connectivity index (χ4v) is 3.89. The summed E-state index contributed by atoms with van der Waals surface area (Å²) in [7, 11) is 0. The Morgan fingerprint density at radius 3 is 2.05 bits per heavy atom. The van der Waals surface area contributed by atoms with E-state index in [1.54, 1.807) is 48.5 Å². The molecule has 0 N–H and O–H groups in total. The van der Waals surface area contributed by atoms with E-state index in [4.69, 9.17) is 23.7 Å². The molecule has 1 aromatic rings. The van der Waals surface area contributed by atoms with Crippen LogP contribution in [0.2, 0.25) is 0 Å². The van der Waals surface area contributed by atoms with E-state index in [-0.39, 0.29) is 13.0 Å². The second-order valence-electron chi connectivity index (χ2n) is 11.6. The van der Waals surface area contributed by atoms with Gasteiger partial charge in [-0.15, -0.1) is 0 Å². The Kier molecular flexibility index (Phi) is 10.8. The molecule has 0 saturated carbocycles. The first-order valence-corrected chi connectivity index (χ1v) is 13.0. The first-order valence-electron chi connectivity index (χ1n) is 13.0. The van der Waals surface area contributed by atoms with E-state index < -0.39 is 53.7 Å². The van der Waals surface area contributed by atoms with Gasteiger partial charge in [0.2, 0.25) is 0 Å². The Morgan fingerprint density at radius 2 is 1.55 bits per heavy atom. The second kappa shape index (κ2) is 13.1. The van der Waals surface area contributed by atoms with E-state index >= 15 is 0 Å². The van der Waals surface area contributed by atoms with Gasteiger partial charge in [-0.3, -0.25) is 0 Å². The molecule has 1 aliphatic rings. The molecule has 38 heavy (non-hydrogen) atoms. The van der Waals surface area contributed by atoms with Crippen LogP contribution in [0.4, 0.5) is 9.59 Å². The maximum absolute atomic E-state index is 13.5. The molecule has 1 aliphatic heterocycles. The Labute approximate surface area is 226 Å². The molecule has 0 radical (unpaired) electrons. The van der Waals surface area contributed by atoms with Crippen LogP contribution in [-0.2, 0) is 23.7 Å². The van der Waals surface area contributed by atoms with E-state index in [2.05, 4.69) is 6.58 Å². The molecule has 4 unspecified atom stereocenters. The average Bonchev–Trinajstić information content (AvgIpc) is 2.80. The van der Waals surface area contributed by atoms with Gasteiger partial charge in [0.1, 0.15) is 41.3 Å². The number of carbonyl (C=O) groups excluding carboxylic acids is 3. The third-order valence-electron chi connectivity index (χ3n) is 5.41. The molecular weight excluding hydrogens is 490 g/mol. The summed E-state index contributed by atoms with van der Waals surface area (Å²) >= 11 is 0. The number of rotatable bonds is 6. The van der Waals surface area contributed by atoms with Gasteiger partial charge in [-0.05, 0) is 86.8 Å². The molecule has 9 nitrogen and oxygen atoms in total. The molecular formula is C29H43NO8. The quantitative estimate of drug-likeness (QED) is 0.247. The average molecular weight is 534 g/mol. The zero-order valence-electron chi connectivity index (χ0n) is 23.9. The minimum absolute atomic E-state index is 0.131. The summed E-state index contributed by atoms with van der Waals surface area (Å²) in [6, 6.07) is 8.06. The van der Waals surface area contributed by atoms with Crippen LogP contribution in [0.1, 0.15) is 74.7 Å². The summed E-state index contributed by atoms with van der Waals surface area (Å²) in [5.41, 5.74) is -0.993. The van der Waals surface area contributed by atoms with Crippen LogP contribution in [0, 0.1) is 0 Å². The van der Waals surface area contributed by atoms with Crippen molar-refractivity contribution in [3.8, 4) is 5.75 Å². The van der Waals surface area contributed by atoms with Crippen molar-refractivity contribution in [3.05, 3.63) is 42.5 Å². The molecule has 9 heteroatoms. The molecule has 1 saturated heterocycles. The number of hydrogen-bond donors (Lipinski definition) is 0. The first-order chi connectivity index (χ1) is 17.6. The Morgan fingerprint density at radius 1 is 1.00 bits per heavy atom. The van der Waals surface area contributed by atoms with Gasteiger partial charge in [0, 0.05) is 0 Å². The van der Waals surface area contributed by atoms with Gasteiger partial charge in [0.05, 0.1) is 6.61 Å². The van der Waals surface area contributed by atoms with Crippen molar-refractivity contribution >= 4 is 18.2 Å². The van der Waals surface area contributed by atoms with Crippen molar-refractivity contribution in [3.63, 3.8) is 0 Å². The lowest BCUT2D eigenvalue weighted by atomic mass is 10.0. The van der Waals surface area contributed by atoms with Crippen LogP contribution >= 0.6 is 0 Å². The monoisotopic (exact) mass is 533 g/mol. The summed E-state index contributed by atoms with van der Waals surface area (Å²) in [6.07, 6.45) is -2.76. The number of cyclic esters (lactones) is 1. The number of hydrogen-bond acceptors (Lipinski definition) is 8. The van der Waals surface area contributed by atoms with Gasteiger partial charge >= 0.3 is 18.2 Å². The number of nitrogens with zero attached hydrogens (tertiary/aromatic N) is 1. The molecule has 0 aromatic heterocycles. The number of esters is 1. The summed E-state index contributed by atoms with van der Waals surface area (Å²) in [6.45, 7) is 17.8. The van der Waals surface area contributed by atoms with Crippen LogP contribution in [0.15, 0.2) is 42.5 Å². The van der Waals surface area contributed by atoms with Crippen LogP contribution in [0.25, 0.3) is 0 Å². The number of ether oxygens (including phenoxy) is 5. The van der Waals surface area contributed by atoms with Gasteiger partial charge < -0.3 is 23.7 Å². The zero-order valence-corrected chi connectivity index (χ0v) is 23.9. The van der Waals surface area contributed by atoms with Gasteiger partial charge in [0.15, 0.2) is 0 Å². The van der Waals surface area contributed by atoms with Crippen molar-refractivity contribution in [2.24, 2.45) is 0 Å². The van der Waals surface area contributed by atoms with Crippen molar-refractivity contribution in [1.29, 1.82) is 0 Å². The second-order valence-corrected chi connectivity index (χ2v) is 11.6. The Bertz CT molecular complexity index is 935. The van der Waals surface area contributed by atoms with Crippen LogP contribution < -0.4 is 4.74 Å². The summed E-state index contributed by atoms with van der Waals surface area (Å²) in [5.74, 6) is -0.0987. The van der Waals surface area contributed by atoms with E-state index in [0.717, 1.165) is 10.5 Å². The maximum Gasteiger partial charge on any atom is 0.420 e. The zero-order chi connectivity index (χ0) is 28.7. The Balaban J connectivity index is 2.40. The fourth-order valence-electron chi connectivity index (χ4n) is 3.89. The number of carbonyl (C=O) groups is 3. The number of amides is 2. The molecule has 1 fully saturated rings. The lowest BCUT2D eigenvalue weighted by Gasteiger charge is -2.33. The van der Waals surface area contributed by atoms with Gasteiger partial charge in [0.25, 0.3) is 0 Å². The highest BCUT2D eigenvalue weighted by atomic mass is 16.6. The molecule has 1 heterocycles. The first kappa shape index (κ1) is 31.1. The lowest BCUT2D eigenvalue weighted by Crippen LogP contribution is -2.53. The minimum atomic E-state index is -1.25. The highest BCUT2D eigenvalue weighted by Crippen LogP contribution is 2.27. The number of benzene rings is 1. The number of imide groups is 1. The minimum Gasteiger partial charge on any atom is -0.488 e. The molecule has 0 aliphatic carbocycles. The predicted molar refractivity (Wildman–Crippen MR) is 143 cm³/mol. The molecule has 1 aromatic carbocycles. The van der Waals surface area contributed by atoms with Crippen LogP contribution in [-0.4, -0.2) is 65.2 Å². The topological polar surface area (TPSA) is 101 Å². The van der Waals surface area contributed by atoms with Gasteiger partial charge in [-0.2, -0.15) is 4.90 Å². The predicted octanol–water partition coefficient (Wildman–Crippen LogP) is 6.05. The summed E-state index contributed by atoms with van der Waals surface area (Å²) < 4.78 is 29.1. The maximum atomic E-state index is 13.5. The van der Waals surface area contributed by atoms with Gasteiger partial charge in [-0.1, -0.05) is 30.4 Å². The molecule has 2 amide bonds. The SMILES string of the molecule is C=C(C)COC1C(C)OC(=O)C(N(C(=O)OC(C)(C)C)C(=O)OC(C)(C)C)CCCC1Oc1ccccc1. The standard InChI is InChI=1S/C29H43NO8/c1-19(2)18-34-24-20(3)35-25(31)22(16-13-17-23(24)36-21-14-11-10-12-15-21)30(26(32)37-28(4,5)6)27(33)38-29(7,8)9/h10-12,14-15,20,22-24H,1,13,16-18H2,2-9H3. The van der Waals surface area contributed by atoms with E-state index in [1.165, 1.54) is 0 Å². The highest BCUT2D eigenvalue weighted by Gasteiger charge is 2.44. The van der Waals surface area contributed by atoms with Crippen molar-refractivity contribution in [1.82, 2.24) is 4.90 Å². The van der Waals surface area contributed by atoms with E-state index in [0.29, 0.717) is 18.6 Å². The summed E-state index contributed by atoms with van der Waals surface area (Å²) in [5, 5.41) is 0. The van der Waals surface area contributed by atoms with E-state index in [1.807, 2.05) is 37.3 Å². The summed E-state index contributed by atoms with van der Waals surface area (Å²) in [4.78, 5) is 40.6. The van der Waals surface area contributed by atoms with Crippen LogP contribution in [0.3, 0.4) is 0 Å². The largest absolute Gasteiger partial charge is 0.488 e. The molecule has 2 rings (SSSR count). The van der Waals surface area contributed by atoms with Crippen LogP contribution in [0.5, 0.6) is 5.75 Å². The normalized spacial score (nSPS) is 22.7. The smallest absolute Gasteiger partial charge is 0.420 e. The van der Waals surface area contributed by atoms with E-state index in [9.17, 15) is 14.4 Å². The molecule has 0 bridgehead atoms. The fraction of sp³-hybridized carbons (Fsp3) is 0.621.